The Kier molecular flexibility index (Phi) is 19.2. The number of H-pyrrole nitrogens is 1. The van der Waals surface area contributed by atoms with Crippen LogP contribution < -0.4 is 21.3 Å². The van der Waals surface area contributed by atoms with Crippen molar-refractivity contribution >= 4 is 44.9 Å². The second kappa shape index (κ2) is 24.8. The second-order valence-corrected chi connectivity index (χ2v) is 18.9. The van der Waals surface area contributed by atoms with Crippen LogP contribution in [0.25, 0.3) is 11.3 Å². The van der Waals surface area contributed by atoms with Crippen LogP contribution in [0.5, 0.6) is 0 Å². The van der Waals surface area contributed by atoms with Crippen molar-refractivity contribution < 1.29 is 96.8 Å². The summed E-state index contributed by atoms with van der Waals surface area (Å²) in [5.74, 6) is -0.498. The molecular formula is C43H43F17N12O5S. The van der Waals surface area contributed by atoms with Crippen molar-refractivity contribution in [3.05, 3.63) is 95.1 Å². The summed E-state index contributed by atoms with van der Waals surface area (Å²) in [7, 11) is -5.87. The molecule has 0 spiro atoms. The fourth-order valence-electron chi connectivity index (χ4n) is 8.10. The molecule has 0 aliphatic heterocycles. The van der Waals surface area contributed by atoms with Crippen LogP contribution in [0.2, 0.25) is 0 Å². The third-order valence-corrected chi connectivity index (χ3v) is 12.7. The Balaban J connectivity index is 0.000000210. The van der Waals surface area contributed by atoms with E-state index in [-0.39, 0.29) is 41.0 Å². The van der Waals surface area contributed by atoms with E-state index in [2.05, 4.69) is 50.7 Å². The predicted octanol–water partition coefficient (Wildman–Crippen LogP) is 10.2. The lowest BCUT2D eigenvalue weighted by atomic mass is 9.91. The number of fused-ring (bicyclic) bond motifs is 2. The number of rotatable bonds is 15. The number of imidazole rings is 2. The van der Waals surface area contributed by atoms with Crippen LogP contribution in [0.15, 0.2) is 61.2 Å². The molecule has 0 saturated heterocycles. The summed E-state index contributed by atoms with van der Waals surface area (Å²) in [6.07, 6.45) is -12.7. The van der Waals surface area contributed by atoms with Gasteiger partial charge in [0.05, 0.1) is 17.3 Å². The van der Waals surface area contributed by atoms with Crippen molar-refractivity contribution in [1.29, 1.82) is 0 Å². The predicted molar refractivity (Wildman–Crippen MR) is 238 cm³/mol. The molecule has 5 N–H and O–H groups in total. The third-order valence-electron chi connectivity index (χ3n) is 11.7. The Hall–Kier alpha value is -6.94. The van der Waals surface area contributed by atoms with Gasteiger partial charge in [-0.3, -0.25) is 32.4 Å². The molecule has 8 rings (SSSR count). The number of hydrogen-bond acceptors (Lipinski definition) is 11. The number of aromatic amines is 1. The van der Waals surface area contributed by atoms with Crippen molar-refractivity contribution in [2.24, 2.45) is 0 Å². The minimum Gasteiger partial charge on any atom is -0.368 e. The zero-order chi connectivity index (χ0) is 57.5. The summed E-state index contributed by atoms with van der Waals surface area (Å²) < 4.78 is 238. The van der Waals surface area contributed by atoms with E-state index in [1.165, 1.54) is 20.9 Å². The molecule has 0 unspecified atom stereocenters. The molecule has 2 aliphatic rings. The zero-order valence-corrected chi connectivity index (χ0v) is 40.3. The van der Waals surface area contributed by atoms with Gasteiger partial charge in [0.15, 0.2) is 11.4 Å². The van der Waals surface area contributed by atoms with Gasteiger partial charge in [-0.15, -0.1) is 0 Å². The number of carbonyl (C=O) groups is 2. The summed E-state index contributed by atoms with van der Waals surface area (Å²) >= 11 is 0. The number of halogens is 17. The molecule has 78 heavy (non-hydrogen) atoms. The summed E-state index contributed by atoms with van der Waals surface area (Å²) in [5.41, 5.74) is -9.28. The number of nitrogens with zero attached hydrogens (tertiary/aromatic N) is 7. The van der Waals surface area contributed by atoms with Crippen molar-refractivity contribution in [2.45, 2.75) is 126 Å². The molecule has 6 heterocycles. The van der Waals surface area contributed by atoms with E-state index < -0.39 is 107 Å². The van der Waals surface area contributed by atoms with Crippen molar-refractivity contribution in [1.82, 2.24) is 49.4 Å². The standard InChI is InChI=1S/C21H21F7N6O.C19H19F5N6O.C3H3F5O3S/c22-15(23)10-33-8-13(18(32-33)19(24)25)20(35)30-12-6-4-11(5-7-12)29-16-2-1-3-17-31-14(9-34(16)17)21(26,27)28;20-17(21)16-12(8-25-29-16)18(31)27-11-6-4-10(5-7-11)26-14-2-1-3-15-28-13(9-30(14)15)19(22,23)24;4-2(5)1-11-12(9,10)3(6,7)8/h1-3,8-9,11-12,15,19,29H,4-7,10H2,(H,30,35);1-3,8-11,17,26H,4-7H2,(H,25,29)(H,27,31);2H,1H2. The lowest BCUT2D eigenvalue weighted by molar-refractivity contribution is -0.141. The first-order valence-electron chi connectivity index (χ1n) is 22.8. The molecule has 0 radical (unpaired) electrons. The fraction of sp³-hybridized carbons (Fsp3) is 0.488. The molecule has 0 atom stereocenters. The molecule has 17 nitrogen and oxygen atoms in total. The van der Waals surface area contributed by atoms with E-state index in [0.717, 1.165) is 24.8 Å². The van der Waals surface area contributed by atoms with Gasteiger partial charge in [0.2, 0.25) is 0 Å². The summed E-state index contributed by atoms with van der Waals surface area (Å²) in [6.45, 7) is -2.69. The Bertz CT molecular complexity index is 3070. The first kappa shape index (κ1) is 60.3. The monoisotopic (exact) mass is 1160 g/mol. The van der Waals surface area contributed by atoms with E-state index in [1.807, 2.05) is 0 Å². The Morgan fingerprint density at radius 1 is 0.628 bits per heavy atom. The van der Waals surface area contributed by atoms with Crippen molar-refractivity contribution in [3.63, 3.8) is 0 Å². The lowest BCUT2D eigenvalue weighted by Crippen LogP contribution is -2.40. The molecule has 430 valence electrons. The summed E-state index contributed by atoms with van der Waals surface area (Å²) in [6, 6.07) is 8.83. The molecule has 0 aromatic carbocycles. The van der Waals surface area contributed by atoms with Crippen LogP contribution in [-0.4, -0.2) is 108 Å². The minimum absolute atomic E-state index is 0.0129. The number of hydrogen-bond donors (Lipinski definition) is 5. The van der Waals surface area contributed by atoms with Crippen LogP contribution >= 0.6 is 0 Å². The maximum Gasteiger partial charge on any atom is 0.523 e. The number of nitrogens with one attached hydrogen (secondary N) is 5. The summed E-state index contributed by atoms with van der Waals surface area (Å²) in [4.78, 5) is 32.0. The number of amides is 2. The highest BCUT2D eigenvalue weighted by molar-refractivity contribution is 7.87. The van der Waals surface area contributed by atoms with Crippen LogP contribution in [0, 0.1) is 0 Å². The maximum absolute atomic E-state index is 13.2. The van der Waals surface area contributed by atoms with E-state index in [9.17, 15) is 92.6 Å². The number of alkyl halides is 17. The molecule has 2 saturated carbocycles. The van der Waals surface area contributed by atoms with E-state index in [4.69, 9.17) is 0 Å². The van der Waals surface area contributed by atoms with Gasteiger partial charge in [0, 0.05) is 42.8 Å². The van der Waals surface area contributed by atoms with E-state index in [1.54, 1.807) is 24.3 Å². The first-order valence-corrected chi connectivity index (χ1v) is 24.2. The van der Waals surface area contributed by atoms with Crippen molar-refractivity contribution in [2.75, 3.05) is 17.2 Å². The van der Waals surface area contributed by atoms with Gasteiger partial charge in [-0.1, -0.05) is 12.1 Å². The minimum atomic E-state index is -5.87. The number of pyridine rings is 2. The Morgan fingerprint density at radius 3 is 1.47 bits per heavy atom. The number of carbonyl (C=O) groups excluding carboxylic acids is 2. The normalized spacial score (nSPS) is 18.5. The van der Waals surface area contributed by atoms with Gasteiger partial charge in [0.25, 0.3) is 37.5 Å². The highest BCUT2D eigenvalue weighted by Gasteiger charge is 2.47. The molecule has 2 amide bonds. The Labute approximate surface area is 428 Å². The molecular weight excluding hydrogens is 1120 g/mol. The van der Waals surface area contributed by atoms with Gasteiger partial charge in [-0.25, -0.2) is 45.1 Å². The highest BCUT2D eigenvalue weighted by atomic mass is 32.2. The maximum atomic E-state index is 13.2. The molecule has 35 heteroatoms. The van der Waals surface area contributed by atoms with E-state index in [0.29, 0.717) is 67.7 Å². The third kappa shape index (κ3) is 15.9. The van der Waals surface area contributed by atoms with Crippen LogP contribution in [0.1, 0.15) is 108 Å². The average Bonchev–Trinajstić information content (AvgIpc) is 4.23. The van der Waals surface area contributed by atoms with Crippen LogP contribution in [-0.2, 0) is 33.2 Å². The second-order valence-electron chi connectivity index (χ2n) is 17.3. The van der Waals surface area contributed by atoms with Gasteiger partial charge in [-0.2, -0.15) is 58.1 Å². The molecule has 2 fully saturated rings. The summed E-state index contributed by atoms with van der Waals surface area (Å²) in [5, 5.41) is 20.9. The first-order chi connectivity index (χ1) is 36.4. The largest absolute Gasteiger partial charge is 0.523 e. The zero-order valence-electron chi connectivity index (χ0n) is 39.5. The lowest BCUT2D eigenvalue weighted by Gasteiger charge is -2.30. The van der Waals surface area contributed by atoms with Gasteiger partial charge in [0.1, 0.15) is 47.5 Å². The number of aromatic nitrogens is 8. The molecule has 6 aromatic heterocycles. The fourth-order valence-corrected chi connectivity index (χ4v) is 8.51. The smallest absolute Gasteiger partial charge is 0.368 e. The average molecular weight is 1160 g/mol. The molecule has 6 aromatic rings. The SMILES string of the molecule is O=C(NC1CCC(Nc2cccc3nc(C(F)(F)F)cn23)CC1)c1cn(CC(F)F)nc1C(F)F.O=C(NC1CCC(Nc2cccc3nc(C(F)(F)F)cn23)CC1)c1cn[nH]c1C(F)F.O=S(=O)(OCC(F)F)C(F)(F)F. The highest BCUT2D eigenvalue weighted by Crippen LogP contribution is 2.33. The van der Waals surface area contributed by atoms with Gasteiger partial charge < -0.3 is 21.3 Å². The van der Waals surface area contributed by atoms with E-state index >= 15 is 0 Å². The van der Waals surface area contributed by atoms with Gasteiger partial charge in [-0.05, 0) is 75.6 Å². The number of anilines is 2. The van der Waals surface area contributed by atoms with Crippen molar-refractivity contribution in [3.8, 4) is 0 Å². The molecule has 0 bridgehead atoms. The molecule has 2 aliphatic carbocycles. The van der Waals surface area contributed by atoms with Gasteiger partial charge >= 0.3 is 28.0 Å². The van der Waals surface area contributed by atoms with Crippen LogP contribution in [0.3, 0.4) is 0 Å². The quantitative estimate of drug-likeness (QED) is 0.0371. The Morgan fingerprint density at radius 2 is 1.08 bits per heavy atom. The topological polar surface area (TPSA) is 207 Å². The van der Waals surface area contributed by atoms with Crippen LogP contribution in [0.4, 0.5) is 86.3 Å².